The van der Waals surface area contributed by atoms with E-state index in [4.69, 9.17) is 10.4 Å². The van der Waals surface area contributed by atoms with Crippen LogP contribution in [0.3, 0.4) is 0 Å². The van der Waals surface area contributed by atoms with Crippen molar-refractivity contribution in [2.75, 3.05) is 6.61 Å². The second kappa shape index (κ2) is 19.4. The second-order valence-electron chi connectivity index (χ2n) is 5.70. The summed E-state index contributed by atoms with van der Waals surface area (Å²) in [6.45, 7) is 0.459. The van der Waals surface area contributed by atoms with Gasteiger partial charge in [0.05, 0.1) is 6.61 Å². The molecule has 0 amide bonds. The lowest BCUT2D eigenvalue weighted by Crippen LogP contribution is -1.88. The molecule has 0 rings (SSSR count). The van der Waals surface area contributed by atoms with Crippen molar-refractivity contribution in [3.63, 3.8) is 0 Å². The smallest absolute Gasteiger partial charge is 0.328 e. The molecule has 4 nitrogen and oxygen atoms in total. The molecule has 0 aliphatic carbocycles. The van der Waals surface area contributed by atoms with Crippen LogP contribution in [0.5, 0.6) is 0 Å². The Balaban J connectivity index is 3.30. The zero-order chi connectivity index (χ0) is 17.7. The summed E-state index contributed by atoms with van der Waals surface area (Å²) in [5.74, 6) is -0.934. The highest BCUT2D eigenvalue weighted by atomic mass is 17.1. The minimum Gasteiger partial charge on any atom is -0.478 e. The van der Waals surface area contributed by atoms with E-state index in [0.29, 0.717) is 6.61 Å². The van der Waals surface area contributed by atoms with Crippen LogP contribution in [-0.4, -0.2) is 22.9 Å². The fourth-order valence-electron chi connectivity index (χ4n) is 2.24. The molecule has 0 unspecified atom stereocenters. The van der Waals surface area contributed by atoms with E-state index in [2.05, 4.69) is 11.0 Å². The number of carboxylic acid groups (broad SMARTS) is 1. The average molecular weight is 336 g/mol. The van der Waals surface area contributed by atoms with Crippen molar-refractivity contribution in [2.24, 2.45) is 0 Å². The number of rotatable bonds is 16. The Morgan fingerprint density at radius 3 is 1.79 bits per heavy atom. The molecule has 0 aromatic carbocycles. The van der Waals surface area contributed by atoms with Crippen LogP contribution < -0.4 is 0 Å². The minimum absolute atomic E-state index is 0.459. The van der Waals surface area contributed by atoms with E-state index in [-0.39, 0.29) is 0 Å². The Hall–Kier alpha value is -1.65. The number of unbranched alkanes of at least 4 members (excludes halogenated alkanes) is 9. The molecule has 4 heteroatoms. The van der Waals surface area contributed by atoms with Gasteiger partial charge >= 0.3 is 5.97 Å². The zero-order valence-corrected chi connectivity index (χ0v) is 14.6. The molecule has 0 fully saturated rings. The van der Waals surface area contributed by atoms with E-state index in [0.717, 1.165) is 25.3 Å². The van der Waals surface area contributed by atoms with Gasteiger partial charge in [0.1, 0.15) is 0 Å². The molecule has 0 aromatic rings. The summed E-state index contributed by atoms with van der Waals surface area (Å²) in [7, 11) is 0. The van der Waals surface area contributed by atoms with E-state index in [1.165, 1.54) is 51.0 Å². The van der Waals surface area contributed by atoms with Crippen LogP contribution in [-0.2, 0) is 9.68 Å². The maximum atomic E-state index is 10.2. The zero-order valence-electron chi connectivity index (χ0n) is 14.6. The molecule has 0 saturated carbocycles. The van der Waals surface area contributed by atoms with Gasteiger partial charge in [0.25, 0.3) is 0 Å². The molecular formula is C20H32O4. The van der Waals surface area contributed by atoms with Crippen molar-refractivity contribution in [2.45, 2.75) is 64.2 Å². The third kappa shape index (κ3) is 20.3. The predicted octanol–water partition coefficient (Wildman–Crippen LogP) is 5.69. The summed E-state index contributed by atoms with van der Waals surface area (Å²) in [6, 6.07) is 0. The number of hydrogen-bond donors (Lipinski definition) is 2. The molecule has 0 saturated heterocycles. The standard InChI is InChI=1S/C20H32O4/c21-20(22)18-16-14-12-10-8-6-4-2-1-3-5-7-9-11-13-15-17-19-24-23/h4,6,8,10,12,14,16,18,23H,1-3,5,7,9,11,13,15,17,19H2,(H,21,22). The van der Waals surface area contributed by atoms with Gasteiger partial charge in [-0.1, -0.05) is 87.5 Å². The molecule has 0 aliphatic rings. The minimum atomic E-state index is -0.934. The highest BCUT2D eigenvalue weighted by Gasteiger charge is 1.92. The molecule has 2 N–H and O–H groups in total. The van der Waals surface area contributed by atoms with Crippen LogP contribution in [0.2, 0.25) is 0 Å². The number of hydrogen-bond acceptors (Lipinski definition) is 3. The van der Waals surface area contributed by atoms with Crippen molar-refractivity contribution >= 4 is 5.97 Å². The molecule has 24 heavy (non-hydrogen) atoms. The van der Waals surface area contributed by atoms with Crippen LogP contribution in [0, 0.1) is 0 Å². The van der Waals surface area contributed by atoms with Crippen LogP contribution >= 0.6 is 0 Å². The first-order valence-electron chi connectivity index (χ1n) is 8.93. The van der Waals surface area contributed by atoms with Gasteiger partial charge in [-0.2, -0.15) is 0 Å². The molecule has 136 valence electrons. The van der Waals surface area contributed by atoms with Gasteiger partial charge in [0.15, 0.2) is 0 Å². The normalized spacial score (nSPS) is 12.4. The maximum Gasteiger partial charge on any atom is 0.328 e. The first-order valence-corrected chi connectivity index (χ1v) is 8.93. The fraction of sp³-hybridized carbons (Fsp3) is 0.550. The average Bonchev–Trinajstić information content (AvgIpc) is 2.56. The first-order chi connectivity index (χ1) is 11.8. The van der Waals surface area contributed by atoms with Gasteiger partial charge < -0.3 is 5.11 Å². The lowest BCUT2D eigenvalue weighted by molar-refractivity contribution is -0.242. The van der Waals surface area contributed by atoms with Crippen LogP contribution in [0.25, 0.3) is 0 Å². The van der Waals surface area contributed by atoms with Crippen LogP contribution in [0.1, 0.15) is 64.2 Å². The highest BCUT2D eigenvalue weighted by molar-refractivity contribution is 5.80. The van der Waals surface area contributed by atoms with Crippen LogP contribution in [0.15, 0.2) is 48.6 Å². The Morgan fingerprint density at radius 2 is 1.21 bits per heavy atom. The Bertz CT molecular complexity index is 394. The predicted molar refractivity (Wildman–Crippen MR) is 98.9 cm³/mol. The molecule has 0 spiro atoms. The largest absolute Gasteiger partial charge is 0.478 e. The first kappa shape index (κ1) is 22.4. The van der Waals surface area contributed by atoms with Crippen molar-refractivity contribution in [3.8, 4) is 0 Å². The molecule has 0 aliphatic heterocycles. The molecule has 0 heterocycles. The number of carbonyl (C=O) groups is 1. The van der Waals surface area contributed by atoms with Gasteiger partial charge in [-0.3, -0.25) is 5.26 Å². The number of allylic oxidation sites excluding steroid dienone is 7. The van der Waals surface area contributed by atoms with E-state index < -0.39 is 5.97 Å². The fourth-order valence-corrected chi connectivity index (χ4v) is 2.24. The summed E-state index contributed by atoms with van der Waals surface area (Å²) in [6.07, 6.45) is 26.3. The number of aliphatic carboxylic acids is 1. The van der Waals surface area contributed by atoms with Gasteiger partial charge in [-0.25, -0.2) is 9.68 Å². The van der Waals surface area contributed by atoms with Gasteiger partial charge in [-0.05, 0) is 19.3 Å². The lowest BCUT2D eigenvalue weighted by atomic mass is 10.1. The summed E-state index contributed by atoms with van der Waals surface area (Å²) in [5.41, 5.74) is 0. The summed E-state index contributed by atoms with van der Waals surface area (Å²) in [4.78, 5) is 14.3. The van der Waals surface area contributed by atoms with E-state index in [1.807, 2.05) is 18.2 Å². The highest BCUT2D eigenvalue weighted by Crippen LogP contribution is 2.10. The molecule has 0 bridgehead atoms. The molecule has 0 radical (unpaired) electrons. The molecule has 0 aromatic heterocycles. The van der Waals surface area contributed by atoms with E-state index in [1.54, 1.807) is 12.2 Å². The van der Waals surface area contributed by atoms with Gasteiger partial charge in [-0.15, -0.1) is 0 Å². The molecular weight excluding hydrogens is 304 g/mol. The lowest BCUT2D eigenvalue weighted by Gasteiger charge is -2.01. The van der Waals surface area contributed by atoms with Gasteiger partial charge in [0.2, 0.25) is 0 Å². The monoisotopic (exact) mass is 336 g/mol. The summed E-state index contributed by atoms with van der Waals surface area (Å²) >= 11 is 0. The number of carboxylic acids is 1. The second-order valence-corrected chi connectivity index (χ2v) is 5.70. The Morgan fingerprint density at radius 1 is 0.708 bits per heavy atom. The summed E-state index contributed by atoms with van der Waals surface area (Å²) in [5, 5.41) is 16.6. The Kier molecular flexibility index (Phi) is 18.1. The Labute approximate surface area is 146 Å². The topological polar surface area (TPSA) is 66.8 Å². The quantitative estimate of drug-likeness (QED) is 0.125. The van der Waals surface area contributed by atoms with Crippen molar-refractivity contribution in [1.82, 2.24) is 0 Å². The third-order valence-corrected chi connectivity index (χ3v) is 3.54. The van der Waals surface area contributed by atoms with Crippen molar-refractivity contribution in [1.29, 1.82) is 0 Å². The van der Waals surface area contributed by atoms with E-state index >= 15 is 0 Å². The summed E-state index contributed by atoms with van der Waals surface area (Å²) < 4.78 is 0. The maximum absolute atomic E-state index is 10.2. The molecule has 0 atom stereocenters. The van der Waals surface area contributed by atoms with Crippen molar-refractivity contribution < 1.29 is 20.0 Å². The third-order valence-electron chi connectivity index (χ3n) is 3.54. The van der Waals surface area contributed by atoms with Crippen molar-refractivity contribution in [3.05, 3.63) is 48.6 Å². The van der Waals surface area contributed by atoms with Gasteiger partial charge in [0, 0.05) is 6.08 Å². The SMILES string of the molecule is O=C(O)C=CC=CC=CC=CCCCCCCCCCCCOO. The van der Waals surface area contributed by atoms with E-state index in [9.17, 15) is 4.79 Å². The van der Waals surface area contributed by atoms with Crippen LogP contribution in [0.4, 0.5) is 0 Å².